The largest absolute Gasteiger partial charge is 0.352 e. The fraction of sp³-hybridized carbons (Fsp3) is 0.565. The van der Waals surface area contributed by atoms with Crippen LogP contribution in [0.15, 0.2) is 34.1 Å². The number of sulfonamides is 1. The van der Waals surface area contributed by atoms with Gasteiger partial charge in [-0.1, -0.05) is 20.8 Å². The number of benzene rings is 1. The van der Waals surface area contributed by atoms with E-state index < -0.39 is 21.4 Å². The predicted molar refractivity (Wildman–Crippen MR) is 123 cm³/mol. The van der Waals surface area contributed by atoms with Crippen molar-refractivity contribution in [3.63, 3.8) is 0 Å². The van der Waals surface area contributed by atoms with E-state index in [-0.39, 0.29) is 15.8 Å². The zero-order chi connectivity index (χ0) is 22.8. The van der Waals surface area contributed by atoms with Gasteiger partial charge in [0.2, 0.25) is 15.5 Å². The zero-order valence-corrected chi connectivity index (χ0v) is 19.7. The summed E-state index contributed by atoms with van der Waals surface area (Å²) in [5.41, 5.74) is 0.225. The molecule has 0 saturated carbocycles. The third-order valence-electron chi connectivity index (χ3n) is 6.02. The minimum atomic E-state index is -3.69. The molecule has 1 saturated heterocycles. The highest BCUT2D eigenvalue weighted by Crippen LogP contribution is 2.25. The summed E-state index contributed by atoms with van der Waals surface area (Å²) < 4.78 is 29.6. The Morgan fingerprint density at radius 1 is 1.23 bits per heavy atom. The van der Waals surface area contributed by atoms with Crippen molar-refractivity contribution in [2.75, 3.05) is 19.6 Å². The molecule has 1 N–H and O–H groups in total. The highest BCUT2D eigenvalue weighted by Gasteiger charge is 2.28. The van der Waals surface area contributed by atoms with E-state index in [4.69, 9.17) is 0 Å². The second-order valence-corrected chi connectivity index (χ2v) is 10.8. The summed E-state index contributed by atoms with van der Waals surface area (Å²) in [6.45, 7) is 10.2. The van der Waals surface area contributed by atoms with E-state index in [9.17, 15) is 18.0 Å². The first kappa shape index (κ1) is 23.5. The van der Waals surface area contributed by atoms with Crippen LogP contribution in [-0.4, -0.2) is 42.8 Å². The fourth-order valence-electron chi connectivity index (χ4n) is 3.90. The lowest BCUT2D eigenvalue weighted by atomic mass is 10.0. The summed E-state index contributed by atoms with van der Waals surface area (Å²) in [5.74, 6) is 0.527. The Bertz CT molecular complexity index is 1110. The first-order valence-corrected chi connectivity index (χ1v) is 12.5. The lowest BCUT2D eigenvalue weighted by Gasteiger charge is -2.29. The molecule has 1 aromatic carbocycles. The molecular weight excluding hydrogens is 414 g/mol. The maximum Gasteiger partial charge on any atom is 0.256 e. The van der Waals surface area contributed by atoms with Gasteiger partial charge in [0, 0.05) is 37.8 Å². The second-order valence-electron chi connectivity index (χ2n) is 8.86. The Labute approximate surface area is 184 Å². The van der Waals surface area contributed by atoms with Gasteiger partial charge in [0.25, 0.3) is 5.91 Å². The number of amides is 1. The highest BCUT2D eigenvalue weighted by atomic mass is 32.2. The van der Waals surface area contributed by atoms with Gasteiger partial charge in [0.15, 0.2) is 0 Å². The van der Waals surface area contributed by atoms with Crippen molar-refractivity contribution in [1.82, 2.24) is 14.2 Å². The summed E-state index contributed by atoms with van der Waals surface area (Å²) in [4.78, 5) is 25.9. The topological polar surface area (TPSA) is 88.5 Å². The number of nitrogens with one attached hydrogen (secondary N) is 1. The van der Waals surface area contributed by atoms with Crippen LogP contribution in [0, 0.1) is 11.8 Å². The van der Waals surface area contributed by atoms with Crippen molar-refractivity contribution in [2.45, 2.75) is 58.4 Å². The SMILES string of the molecule is CCn1cc(C(=O)NCCC(C)C)c(=O)c2cc(S(=O)(=O)N3CCC(C)CC3)ccc21. The minimum Gasteiger partial charge on any atom is -0.352 e. The summed E-state index contributed by atoms with van der Waals surface area (Å²) in [6, 6.07) is 4.66. The van der Waals surface area contributed by atoms with Gasteiger partial charge in [-0.15, -0.1) is 0 Å². The molecule has 7 nitrogen and oxygen atoms in total. The first-order chi connectivity index (χ1) is 14.6. The predicted octanol–water partition coefficient (Wildman–Crippen LogP) is 3.22. The molecule has 0 atom stereocenters. The molecule has 0 spiro atoms. The van der Waals surface area contributed by atoms with Gasteiger partial charge in [-0.2, -0.15) is 4.31 Å². The highest BCUT2D eigenvalue weighted by molar-refractivity contribution is 7.89. The monoisotopic (exact) mass is 447 g/mol. The molecule has 1 fully saturated rings. The van der Waals surface area contributed by atoms with Crippen molar-refractivity contribution in [2.24, 2.45) is 11.8 Å². The van der Waals surface area contributed by atoms with E-state index in [0.717, 1.165) is 19.3 Å². The maximum atomic E-state index is 13.2. The summed E-state index contributed by atoms with van der Waals surface area (Å²) in [7, 11) is -3.69. The molecule has 0 unspecified atom stereocenters. The molecule has 2 aromatic rings. The molecule has 8 heteroatoms. The summed E-state index contributed by atoms with van der Waals surface area (Å²) in [6.07, 6.45) is 4.04. The number of carbonyl (C=O) groups excluding carboxylic acids is 1. The molecule has 2 heterocycles. The summed E-state index contributed by atoms with van der Waals surface area (Å²) in [5, 5.41) is 3.06. The van der Waals surface area contributed by atoms with Crippen molar-refractivity contribution in [1.29, 1.82) is 0 Å². The van der Waals surface area contributed by atoms with Gasteiger partial charge in [-0.25, -0.2) is 8.42 Å². The van der Waals surface area contributed by atoms with Crippen LogP contribution in [0.2, 0.25) is 0 Å². The molecule has 0 radical (unpaired) electrons. The standard InChI is InChI=1S/C23H33N3O4S/c1-5-25-15-20(23(28)24-11-8-16(2)3)22(27)19-14-18(6-7-21(19)25)31(29,30)26-12-9-17(4)10-13-26/h6-7,14-17H,5,8-13H2,1-4H3,(H,24,28). The average Bonchev–Trinajstić information content (AvgIpc) is 2.73. The smallest absolute Gasteiger partial charge is 0.256 e. The van der Waals surface area contributed by atoms with Crippen LogP contribution in [0.3, 0.4) is 0 Å². The Balaban J connectivity index is 2.02. The molecule has 1 amide bonds. The Morgan fingerprint density at radius 2 is 1.90 bits per heavy atom. The number of carbonyl (C=O) groups is 1. The lowest BCUT2D eigenvalue weighted by Crippen LogP contribution is -2.38. The van der Waals surface area contributed by atoms with Crippen LogP contribution in [-0.2, 0) is 16.6 Å². The van der Waals surface area contributed by atoms with Crippen molar-refractivity contribution < 1.29 is 13.2 Å². The van der Waals surface area contributed by atoms with E-state index in [0.29, 0.717) is 43.5 Å². The zero-order valence-electron chi connectivity index (χ0n) is 18.8. The van der Waals surface area contributed by atoms with Crippen LogP contribution >= 0.6 is 0 Å². The number of hydrogen-bond acceptors (Lipinski definition) is 4. The number of piperidine rings is 1. The molecule has 31 heavy (non-hydrogen) atoms. The Kier molecular flexibility index (Phi) is 7.21. The molecule has 1 aliphatic rings. The average molecular weight is 448 g/mol. The molecule has 3 rings (SSSR count). The number of rotatable bonds is 7. The van der Waals surface area contributed by atoms with E-state index in [1.54, 1.807) is 18.3 Å². The number of fused-ring (bicyclic) bond motifs is 1. The van der Waals surface area contributed by atoms with Crippen LogP contribution < -0.4 is 10.7 Å². The quantitative estimate of drug-likeness (QED) is 0.706. The van der Waals surface area contributed by atoms with Gasteiger partial charge >= 0.3 is 0 Å². The molecule has 0 aliphatic carbocycles. The Hall–Kier alpha value is -2.19. The van der Waals surface area contributed by atoms with E-state index >= 15 is 0 Å². The molecule has 1 aliphatic heterocycles. The van der Waals surface area contributed by atoms with Crippen molar-refractivity contribution in [3.8, 4) is 0 Å². The third kappa shape index (κ3) is 5.01. The van der Waals surface area contributed by atoms with Gasteiger partial charge in [0.05, 0.1) is 10.4 Å². The van der Waals surface area contributed by atoms with Crippen LogP contribution in [0.5, 0.6) is 0 Å². The molecule has 0 bridgehead atoms. The number of pyridine rings is 1. The molecular formula is C23H33N3O4S. The number of nitrogens with zero attached hydrogens (tertiary/aromatic N) is 2. The van der Waals surface area contributed by atoms with Gasteiger partial charge < -0.3 is 9.88 Å². The van der Waals surface area contributed by atoms with E-state index in [1.165, 1.54) is 10.4 Å². The number of hydrogen-bond donors (Lipinski definition) is 1. The van der Waals surface area contributed by atoms with Crippen LogP contribution in [0.1, 0.15) is 57.3 Å². The van der Waals surface area contributed by atoms with Crippen LogP contribution in [0.25, 0.3) is 10.9 Å². The van der Waals surface area contributed by atoms with Crippen molar-refractivity contribution >= 4 is 26.8 Å². The first-order valence-electron chi connectivity index (χ1n) is 11.1. The third-order valence-corrected chi connectivity index (χ3v) is 7.92. The molecule has 170 valence electrons. The Morgan fingerprint density at radius 3 is 2.52 bits per heavy atom. The van der Waals surface area contributed by atoms with Crippen molar-refractivity contribution in [3.05, 3.63) is 40.2 Å². The fourth-order valence-corrected chi connectivity index (χ4v) is 5.40. The number of aromatic nitrogens is 1. The minimum absolute atomic E-state index is 0.0412. The summed E-state index contributed by atoms with van der Waals surface area (Å²) >= 11 is 0. The second kappa shape index (κ2) is 9.53. The van der Waals surface area contributed by atoms with Gasteiger partial charge in [0.1, 0.15) is 5.56 Å². The molecule has 1 aromatic heterocycles. The lowest BCUT2D eigenvalue weighted by molar-refractivity contribution is 0.0950. The normalized spacial score (nSPS) is 16.2. The maximum absolute atomic E-state index is 13.2. The van der Waals surface area contributed by atoms with Gasteiger partial charge in [-0.05, 0) is 56.2 Å². The number of aryl methyl sites for hydroxylation is 1. The van der Waals surface area contributed by atoms with E-state index in [1.807, 2.05) is 11.5 Å². The van der Waals surface area contributed by atoms with E-state index in [2.05, 4.69) is 26.1 Å². The van der Waals surface area contributed by atoms with Crippen LogP contribution in [0.4, 0.5) is 0 Å². The van der Waals surface area contributed by atoms with Gasteiger partial charge in [-0.3, -0.25) is 9.59 Å².